The van der Waals surface area contributed by atoms with Gasteiger partial charge in [0, 0.05) is 18.7 Å². The van der Waals surface area contributed by atoms with E-state index >= 15 is 0 Å². The molecular formula is C22H28N2O4S. The molecule has 1 aliphatic heterocycles. The zero-order chi connectivity index (χ0) is 21.0. The first kappa shape index (κ1) is 21.3. The summed E-state index contributed by atoms with van der Waals surface area (Å²) in [6.07, 6.45) is 1.72. The Kier molecular flexibility index (Phi) is 6.59. The number of amides is 1. The SMILES string of the molecule is COc1ccc([C@@H](C)NC(=O)c2cccc(S(=O)(=O)N3CCC(C)CC3)c2)cc1. The third-order valence-corrected chi connectivity index (χ3v) is 7.33. The average Bonchev–Trinajstić information content (AvgIpc) is 2.74. The summed E-state index contributed by atoms with van der Waals surface area (Å²) in [5, 5.41) is 2.93. The molecule has 0 aliphatic carbocycles. The van der Waals surface area contributed by atoms with Crippen LogP contribution >= 0.6 is 0 Å². The molecule has 29 heavy (non-hydrogen) atoms. The molecule has 3 rings (SSSR count). The van der Waals surface area contributed by atoms with Crippen molar-refractivity contribution in [2.45, 2.75) is 37.6 Å². The number of carbonyl (C=O) groups is 1. The van der Waals surface area contributed by atoms with Gasteiger partial charge in [0.05, 0.1) is 18.0 Å². The maximum Gasteiger partial charge on any atom is 0.251 e. The molecule has 2 aromatic rings. The summed E-state index contributed by atoms with van der Waals surface area (Å²) in [6, 6.07) is 13.5. The van der Waals surface area contributed by atoms with Crippen LogP contribution in [0.3, 0.4) is 0 Å². The van der Waals surface area contributed by atoms with Crippen molar-refractivity contribution in [1.29, 1.82) is 0 Å². The predicted octanol–water partition coefficient (Wildman–Crippen LogP) is 3.61. The molecule has 1 N–H and O–H groups in total. The highest BCUT2D eigenvalue weighted by Gasteiger charge is 2.28. The van der Waals surface area contributed by atoms with E-state index in [2.05, 4.69) is 12.2 Å². The van der Waals surface area contributed by atoms with Gasteiger partial charge in [-0.1, -0.05) is 25.1 Å². The molecule has 0 aromatic heterocycles. The quantitative estimate of drug-likeness (QED) is 0.781. The Morgan fingerprint density at radius 1 is 1.14 bits per heavy atom. The molecule has 7 heteroatoms. The standard InChI is InChI=1S/C22H28N2O4S/c1-16-11-13-24(14-12-16)29(26,27)21-6-4-5-19(15-21)22(25)23-17(2)18-7-9-20(28-3)10-8-18/h4-10,15-17H,11-14H2,1-3H3,(H,23,25)/t17-/m1/s1. The number of benzene rings is 2. The smallest absolute Gasteiger partial charge is 0.251 e. The first-order valence-electron chi connectivity index (χ1n) is 9.86. The lowest BCUT2D eigenvalue weighted by Crippen LogP contribution is -2.38. The minimum absolute atomic E-state index is 0.164. The molecule has 0 unspecified atom stereocenters. The number of carbonyl (C=O) groups excluding carboxylic acids is 1. The number of ether oxygens (including phenoxy) is 1. The van der Waals surface area contributed by atoms with E-state index in [-0.39, 0.29) is 16.8 Å². The topological polar surface area (TPSA) is 75.7 Å². The third kappa shape index (κ3) is 4.97. The molecule has 2 aromatic carbocycles. The van der Waals surface area contributed by atoms with E-state index in [1.54, 1.807) is 25.3 Å². The second-order valence-electron chi connectivity index (χ2n) is 7.58. The lowest BCUT2D eigenvalue weighted by molar-refractivity contribution is 0.0939. The summed E-state index contributed by atoms with van der Waals surface area (Å²) in [5.41, 5.74) is 1.27. The van der Waals surface area contributed by atoms with Crippen molar-refractivity contribution >= 4 is 15.9 Å². The van der Waals surface area contributed by atoms with Gasteiger partial charge in [0.1, 0.15) is 5.75 Å². The zero-order valence-electron chi connectivity index (χ0n) is 17.1. The summed E-state index contributed by atoms with van der Waals surface area (Å²) < 4.78 is 32.6. The Morgan fingerprint density at radius 3 is 2.41 bits per heavy atom. The lowest BCUT2D eigenvalue weighted by Gasteiger charge is -2.29. The normalized spacial score (nSPS) is 16.9. The minimum atomic E-state index is -3.59. The molecule has 0 bridgehead atoms. The van der Waals surface area contributed by atoms with Crippen molar-refractivity contribution in [1.82, 2.24) is 9.62 Å². The van der Waals surface area contributed by atoms with E-state index in [0.717, 1.165) is 24.2 Å². The highest BCUT2D eigenvalue weighted by Crippen LogP contribution is 2.24. The molecule has 156 valence electrons. The average molecular weight is 417 g/mol. The fourth-order valence-corrected chi connectivity index (χ4v) is 4.94. The Hall–Kier alpha value is -2.38. The summed E-state index contributed by atoms with van der Waals surface area (Å²) in [5.74, 6) is 0.980. The second-order valence-corrected chi connectivity index (χ2v) is 9.52. The van der Waals surface area contributed by atoms with Crippen LogP contribution in [0, 0.1) is 5.92 Å². The van der Waals surface area contributed by atoms with Crippen LogP contribution in [0.2, 0.25) is 0 Å². The molecule has 0 saturated carbocycles. The monoisotopic (exact) mass is 416 g/mol. The Bertz CT molecular complexity index is 949. The number of nitrogens with zero attached hydrogens (tertiary/aromatic N) is 1. The van der Waals surface area contributed by atoms with Crippen molar-refractivity contribution in [2.75, 3.05) is 20.2 Å². The maximum atomic E-state index is 13.0. The van der Waals surface area contributed by atoms with Crippen molar-refractivity contribution < 1.29 is 17.9 Å². The van der Waals surface area contributed by atoms with Gasteiger partial charge >= 0.3 is 0 Å². The van der Waals surface area contributed by atoms with Gasteiger partial charge in [0.15, 0.2) is 0 Å². The number of hydrogen-bond donors (Lipinski definition) is 1. The van der Waals surface area contributed by atoms with Crippen LogP contribution < -0.4 is 10.1 Å². The van der Waals surface area contributed by atoms with E-state index in [4.69, 9.17) is 4.74 Å². The van der Waals surface area contributed by atoms with Gasteiger partial charge in [0.2, 0.25) is 10.0 Å². The van der Waals surface area contributed by atoms with Crippen molar-refractivity contribution in [3.05, 3.63) is 59.7 Å². The lowest BCUT2D eigenvalue weighted by atomic mass is 10.0. The van der Waals surface area contributed by atoms with Gasteiger partial charge in [-0.15, -0.1) is 0 Å². The fourth-order valence-electron chi connectivity index (χ4n) is 3.43. The summed E-state index contributed by atoms with van der Waals surface area (Å²) in [6.45, 7) is 5.07. The van der Waals surface area contributed by atoms with Crippen LogP contribution in [0.25, 0.3) is 0 Å². The van der Waals surface area contributed by atoms with Gasteiger partial charge in [-0.3, -0.25) is 4.79 Å². The fraction of sp³-hybridized carbons (Fsp3) is 0.409. The third-order valence-electron chi connectivity index (χ3n) is 5.44. The Labute approximate surface area is 172 Å². The first-order chi connectivity index (χ1) is 13.8. The van der Waals surface area contributed by atoms with E-state index in [9.17, 15) is 13.2 Å². The number of rotatable bonds is 6. The molecule has 1 amide bonds. The van der Waals surface area contributed by atoms with Gasteiger partial charge < -0.3 is 10.1 Å². The van der Waals surface area contributed by atoms with Crippen LogP contribution in [0.4, 0.5) is 0 Å². The van der Waals surface area contributed by atoms with Gasteiger partial charge in [0.25, 0.3) is 5.91 Å². The van der Waals surface area contributed by atoms with Crippen LogP contribution in [0.1, 0.15) is 48.7 Å². The highest BCUT2D eigenvalue weighted by atomic mass is 32.2. The van der Waals surface area contributed by atoms with Crippen molar-refractivity contribution in [3.63, 3.8) is 0 Å². The van der Waals surface area contributed by atoms with Crippen LogP contribution in [-0.4, -0.2) is 38.8 Å². The summed E-state index contributed by atoms with van der Waals surface area (Å²) in [7, 11) is -1.99. The maximum absolute atomic E-state index is 13.0. The van der Waals surface area contributed by atoms with Crippen molar-refractivity contribution in [2.24, 2.45) is 5.92 Å². The number of nitrogens with one attached hydrogen (secondary N) is 1. The van der Waals surface area contributed by atoms with Crippen LogP contribution in [-0.2, 0) is 10.0 Å². The minimum Gasteiger partial charge on any atom is -0.497 e. The summed E-state index contributed by atoms with van der Waals surface area (Å²) in [4.78, 5) is 12.9. The largest absolute Gasteiger partial charge is 0.497 e. The van der Waals surface area contributed by atoms with Crippen LogP contribution in [0.5, 0.6) is 5.75 Å². The highest BCUT2D eigenvalue weighted by molar-refractivity contribution is 7.89. The molecule has 0 radical (unpaired) electrons. The molecule has 1 atom stereocenters. The van der Waals surface area contributed by atoms with Gasteiger partial charge in [-0.25, -0.2) is 8.42 Å². The molecular weight excluding hydrogens is 388 g/mol. The van der Waals surface area contributed by atoms with E-state index < -0.39 is 10.0 Å². The predicted molar refractivity (Wildman–Crippen MR) is 112 cm³/mol. The van der Waals surface area contributed by atoms with E-state index in [0.29, 0.717) is 24.6 Å². The first-order valence-corrected chi connectivity index (χ1v) is 11.3. The molecule has 1 fully saturated rings. The van der Waals surface area contributed by atoms with Crippen molar-refractivity contribution in [3.8, 4) is 5.75 Å². The Balaban J connectivity index is 1.73. The number of sulfonamides is 1. The molecule has 1 aliphatic rings. The Morgan fingerprint density at radius 2 is 1.79 bits per heavy atom. The molecule has 1 heterocycles. The van der Waals surface area contributed by atoms with Gasteiger partial charge in [-0.05, 0) is 61.6 Å². The number of piperidine rings is 1. The van der Waals surface area contributed by atoms with E-state index in [1.165, 1.54) is 10.4 Å². The van der Waals surface area contributed by atoms with Crippen LogP contribution in [0.15, 0.2) is 53.4 Å². The number of methoxy groups -OCH3 is 1. The summed E-state index contributed by atoms with van der Waals surface area (Å²) >= 11 is 0. The van der Waals surface area contributed by atoms with E-state index in [1.807, 2.05) is 31.2 Å². The molecule has 0 spiro atoms. The zero-order valence-corrected chi connectivity index (χ0v) is 17.9. The van der Waals surface area contributed by atoms with Gasteiger partial charge in [-0.2, -0.15) is 4.31 Å². The second kappa shape index (κ2) is 8.97. The number of hydrogen-bond acceptors (Lipinski definition) is 4. The molecule has 6 nitrogen and oxygen atoms in total. The molecule has 1 saturated heterocycles.